The number of nitrogens with two attached hydrogens (primary N) is 1. The fourth-order valence-corrected chi connectivity index (χ4v) is 3.22. The van der Waals surface area contributed by atoms with Crippen LogP contribution in [0.1, 0.15) is 11.1 Å². The molecule has 1 aromatic heterocycles. The Morgan fingerprint density at radius 2 is 2.06 bits per heavy atom. The van der Waals surface area contributed by atoms with Crippen molar-refractivity contribution in [1.29, 1.82) is 0 Å². The highest BCUT2D eigenvalue weighted by atomic mass is 32.2. The van der Waals surface area contributed by atoms with Crippen molar-refractivity contribution in [3.05, 3.63) is 29.5 Å². The maximum atomic E-state index is 12.1. The van der Waals surface area contributed by atoms with E-state index in [1.54, 1.807) is 6.07 Å². The Hall–Kier alpha value is -1.67. The minimum Gasteiger partial charge on any atom is -0.398 e. The number of sulfonamides is 1. The van der Waals surface area contributed by atoms with E-state index in [1.807, 2.05) is 13.8 Å². The van der Waals surface area contributed by atoms with E-state index in [2.05, 4.69) is 14.3 Å². The summed E-state index contributed by atoms with van der Waals surface area (Å²) in [6.07, 6.45) is 1.35. The third kappa shape index (κ3) is 2.44. The van der Waals surface area contributed by atoms with Gasteiger partial charge in [-0.15, -0.1) is 5.10 Å². The van der Waals surface area contributed by atoms with E-state index >= 15 is 0 Å². The summed E-state index contributed by atoms with van der Waals surface area (Å²) < 4.78 is 30.2. The van der Waals surface area contributed by atoms with Gasteiger partial charge in [0.15, 0.2) is 0 Å². The Morgan fingerprint density at radius 3 is 2.61 bits per heavy atom. The third-order valence-electron chi connectivity index (χ3n) is 2.59. The van der Waals surface area contributed by atoms with Crippen molar-refractivity contribution in [2.75, 3.05) is 10.5 Å². The van der Waals surface area contributed by atoms with Crippen LogP contribution in [0.2, 0.25) is 0 Å². The predicted molar refractivity (Wildman–Crippen MR) is 71.0 cm³/mol. The predicted octanol–water partition coefficient (Wildman–Crippen LogP) is 1.54. The van der Waals surface area contributed by atoms with Crippen LogP contribution in [0.3, 0.4) is 0 Å². The first-order valence-electron chi connectivity index (χ1n) is 5.07. The minimum atomic E-state index is -3.64. The van der Waals surface area contributed by atoms with E-state index in [0.717, 1.165) is 22.7 Å². The summed E-state index contributed by atoms with van der Waals surface area (Å²) in [5.74, 6) is 0. The number of nitrogens with zero attached hydrogens (tertiary/aromatic N) is 2. The molecule has 96 valence electrons. The first-order valence-corrected chi connectivity index (χ1v) is 7.33. The van der Waals surface area contributed by atoms with Gasteiger partial charge in [-0.05, 0) is 37.1 Å². The Bertz CT molecular complexity index is 642. The molecule has 6 nitrogen and oxygen atoms in total. The fourth-order valence-electron chi connectivity index (χ4n) is 1.41. The second-order valence-electron chi connectivity index (χ2n) is 3.84. The summed E-state index contributed by atoms with van der Waals surface area (Å²) >= 11 is 0.973. The molecule has 0 saturated carbocycles. The van der Waals surface area contributed by atoms with Gasteiger partial charge in [0.1, 0.15) is 5.00 Å². The monoisotopic (exact) mass is 284 g/mol. The van der Waals surface area contributed by atoms with Crippen LogP contribution in [0, 0.1) is 13.8 Å². The van der Waals surface area contributed by atoms with Gasteiger partial charge in [0.2, 0.25) is 0 Å². The number of hydrogen-bond donors (Lipinski definition) is 2. The second kappa shape index (κ2) is 4.54. The van der Waals surface area contributed by atoms with Crippen LogP contribution >= 0.6 is 11.5 Å². The molecule has 0 unspecified atom stereocenters. The van der Waals surface area contributed by atoms with Crippen LogP contribution in [0.5, 0.6) is 0 Å². The van der Waals surface area contributed by atoms with Gasteiger partial charge in [0, 0.05) is 17.2 Å². The average Bonchev–Trinajstić information content (AvgIpc) is 2.77. The molecular weight excluding hydrogens is 272 g/mol. The van der Waals surface area contributed by atoms with Crippen molar-refractivity contribution in [2.24, 2.45) is 0 Å². The number of rotatable bonds is 3. The van der Waals surface area contributed by atoms with E-state index < -0.39 is 10.0 Å². The summed E-state index contributed by atoms with van der Waals surface area (Å²) in [6, 6.07) is 3.03. The summed E-state index contributed by atoms with van der Waals surface area (Å²) in [7, 11) is -3.64. The Balaban J connectivity index is 2.42. The Labute approximate surface area is 109 Å². The number of aryl methyl sites for hydroxylation is 1. The zero-order valence-corrected chi connectivity index (χ0v) is 11.5. The quantitative estimate of drug-likeness (QED) is 0.833. The SMILES string of the molecule is Cc1cc(S(=O)(=O)Nc2cnns2)cc(N)c1C. The molecule has 0 saturated heterocycles. The van der Waals surface area contributed by atoms with Crippen molar-refractivity contribution in [3.63, 3.8) is 0 Å². The molecule has 2 rings (SSSR count). The second-order valence-corrected chi connectivity index (χ2v) is 6.31. The maximum absolute atomic E-state index is 12.1. The molecule has 8 heteroatoms. The lowest BCUT2D eigenvalue weighted by Crippen LogP contribution is -2.13. The lowest BCUT2D eigenvalue weighted by molar-refractivity contribution is 0.601. The normalized spacial score (nSPS) is 11.4. The number of hydrogen-bond acceptors (Lipinski definition) is 6. The topological polar surface area (TPSA) is 98.0 Å². The largest absolute Gasteiger partial charge is 0.398 e. The van der Waals surface area contributed by atoms with Crippen LogP contribution in [0.15, 0.2) is 23.2 Å². The van der Waals surface area contributed by atoms with Crippen molar-refractivity contribution >= 4 is 32.2 Å². The molecule has 0 radical (unpaired) electrons. The highest BCUT2D eigenvalue weighted by Crippen LogP contribution is 2.23. The molecular formula is C10H12N4O2S2. The summed E-state index contributed by atoms with van der Waals surface area (Å²) in [5.41, 5.74) is 7.95. The molecule has 0 aliphatic heterocycles. The van der Waals surface area contributed by atoms with Gasteiger partial charge in [-0.3, -0.25) is 4.72 Å². The van der Waals surface area contributed by atoms with Gasteiger partial charge < -0.3 is 5.73 Å². The number of benzene rings is 1. The van der Waals surface area contributed by atoms with E-state index in [9.17, 15) is 8.42 Å². The van der Waals surface area contributed by atoms with Crippen molar-refractivity contribution in [1.82, 2.24) is 9.59 Å². The zero-order valence-electron chi connectivity index (χ0n) is 9.84. The third-order valence-corrected chi connectivity index (χ3v) is 4.64. The van der Waals surface area contributed by atoms with E-state index in [4.69, 9.17) is 5.73 Å². The van der Waals surface area contributed by atoms with Crippen LogP contribution in [0.4, 0.5) is 10.7 Å². The van der Waals surface area contributed by atoms with Crippen LogP contribution in [0.25, 0.3) is 0 Å². The van der Waals surface area contributed by atoms with E-state index in [0.29, 0.717) is 10.7 Å². The highest BCUT2D eigenvalue weighted by Gasteiger charge is 2.17. The molecule has 0 spiro atoms. The van der Waals surface area contributed by atoms with Gasteiger partial charge >= 0.3 is 0 Å². The van der Waals surface area contributed by atoms with E-state index in [1.165, 1.54) is 12.3 Å². The molecule has 0 amide bonds. The molecule has 0 aliphatic rings. The molecule has 0 atom stereocenters. The van der Waals surface area contributed by atoms with Gasteiger partial charge in [-0.2, -0.15) is 0 Å². The summed E-state index contributed by atoms with van der Waals surface area (Å²) in [5, 5.41) is 3.93. The minimum absolute atomic E-state index is 0.136. The highest BCUT2D eigenvalue weighted by molar-refractivity contribution is 7.93. The Morgan fingerprint density at radius 1 is 1.33 bits per heavy atom. The van der Waals surface area contributed by atoms with Crippen LogP contribution in [-0.2, 0) is 10.0 Å². The van der Waals surface area contributed by atoms with Crippen molar-refractivity contribution in [2.45, 2.75) is 18.7 Å². The molecule has 1 aromatic carbocycles. The molecule has 2 aromatic rings. The molecule has 0 bridgehead atoms. The Kier molecular flexibility index (Phi) is 3.22. The molecule has 18 heavy (non-hydrogen) atoms. The molecule has 3 N–H and O–H groups in total. The molecule has 0 fully saturated rings. The standard InChI is InChI=1S/C10H12N4O2S2/c1-6-3-8(4-9(11)7(6)2)18(15,16)13-10-5-12-14-17-10/h3-5,13H,11H2,1-2H3. The van der Waals surface area contributed by atoms with Crippen LogP contribution < -0.4 is 10.5 Å². The summed E-state index contributed by atoms with van der Waals surface area (Å²) in [4.78, 5) is 0.136. The van der Waals surface area contributed by atoms with Gasteiger partial charge in [-0.1, -0.05) is 4.49 Å². The lowest BCUT2D eigenvalue weighted by atomic mass is 10.1. The fraction of sp³-hybridized carbons (Fsp3) is 0.200. The summed E-state index contributed by atoms with van der Waals surface area (Å²) in [6.45, 7) is 3.67. The first kappa shape index (κ1) is 12.8. The van der Waals surface area contributed by atoms with Gasteiger partial charge in [-0.25, -0.2) is 8.42 Å². The number of nitrogen functional groups attached to an aromatic ring is 1. The van der Waals surface area contributed by atoms with Crippen molar-refractivity contribution in [3.8, 4) is 0 Å². The molecule has 0 aliphatic carbocycles. The smallest absolute Gasteiger partial charge is 0.262 e. The van der Waals surface area contributed by atoms with Gasteiger partial charge in [0.05, 0.1) is 11.1 Å². The maximum Gasteiger partial charge on any atom is 0.262 e. The first-order chi connectivity index (χ1) is 8.40. The zero-order chi connectivity index (χ0) is 13.3. The average molecular weight is 284 g/mol. The van der Waals surface area contributed by atoms with Crippen molar-refractivity contribution < 1.29 is 8.42 Å². The van der Waals surface area contributed by atoms with Gasteiger partial charge in [0.25, 0.3) is 10.0 Å². The number of anilines is 2. The number of nitrogens with one attached hydrogen (secondary N) is 1. The lowest BCUT2D eigenvalue weighted by Gasteiger charge is -2.10. The van der Waals surface area contributed by atoms with E-state index in [-0.39, 0.29) is 4.90 Å². The van der Waals surface area contributed by atoms with Crippen LogP contribution in [-0.4, -0.2) is 18.0 Å². The number of aromatic nitrogens is 2. The molecule has 1 heterocycles.